The van der Waals surface area contributed by atoms with E-state index >= 15 is 0 Å². The van der Waals surface area contributed by atoms with Crippen molar-refractivity contribution in [2.24, 2.45) is 4.99 Å². The molecular formula is C14H14Cl2N2O4. The first kappa shape index (κ1) is 16.5. The monoisotopic (exact) mass is 344 g/mol. The molecule has 8 heteroatoms. The molecule has 0 atom stereocenters. The van der Waals surface area contributed by atoms with Crippen molar-refractivity contribution in [3.8, 4) is 0 Å². The summed E-state index contributed by atoms with van der Waals surface area (Å²) in [5.41, 5.74) is 0.441. The number of hydrogen-bond donors (Lipinski definition) is 0. The molecule has 1 fully saturated rings. The summed E-state index contributed by atoms with van der Waals surface area (Å²) in [7, 11) is 1.29. The Bertz CT molecular complexity index is 584. The predicted molar refractivity (Wildman–Crippen MR) is 83.3 cm³/mol. The van der Waals surface area contributed by atoms with Gasteiger partial charge in [0, 0.05) is 6.20 Å². The van der Waals surface area contributed by atoms with E-state index in [0.717, 1.165) is 0 Å². The zero-order valence-corrected chi connectivity index (χ0v) is 13.3. The van der Waals surface area contributed by atoms with Crippen LogP contribution < -0.4 is 0 Å². The molecule has 1 aromatic carbocycles. The minimum Gasteiger partial charge on any atom is -0.488 e. The quantitative estimate of drug-likeness (QED) is 0.607. The highest BCUT2D eigenvalue weighted by Crippen LogP contribution is 2.33. The molecule has 1 aliphatic rings. The maximum absolute atomic E-state index is 10.9. The Hall–Kier alpha value is -1.92. The second-order valence-electron chi connectivity index (χ2n) is 4.18. The molecule has 118 valence electrons. The van der Waals surface area contributed by atoms with Gasteiger partial charge in [-0.2, -0.15) is 4.99 Å². The maximum atomic E-state index is 10.9. The molecule has 0 aliphatic carbocycles. The van der Waals surface area contributed by atoms with Crippen molar-refractivity contribution in [3.05, 3.63) is 40.7 Å². The molecule has 0 bridgehead atoms. The van der Waals surface area contributed by atoms with Gasteiger partial charge in [0.25, 0.3) is 6.02 Å². The highest BCUT2D eigenvalue weighted by atomic mass is 35.5. The number of methoxy groups -OCH3 is 1. The van der Waals surface area contributed by atoms with Crippen LogP contribution in [0.3, 0.4) is 0 Å². The number of carbonyl (C=O) groups excluding carboxylic acids is 1. The molecule has 0 spiro atoms. The Morgan fingerprint density at radius 3 is 2.86 bits per heavy atom. The SMILES string of the molecule is COC(=O)COC=CN1CCOC1=Nc1c(Cl)cccc1Cl. The summed E-state index contributed by atoms with van der Waals surface area (Å²) in [5, 5.41) is 0.864. The fourth-order valence-corrected chi connectivity index (χ4v) is 2.11. The fraction of sp³-hybridized carbons (Fsp3) is 0.286. The first-order valence-electron chi connectivity index (χ1n) is 6.39. The van der Waals surface area contributed by atoms with E-state index in [9.17, 15) is 4.79 Å². The second kappa shape index (κ2) is 7.91. The molecule has 1 aliphatic heterocycles. The largest absolute Gasteiger partial charge is 0.488 e. The van der Waals surface area contributed by atoms with Crippen molar-refractivity contribution in [3.63, 3.8) is 0 Å². The van der Waals surface area contributed by atoms with Crippen molar-refractivity contribution >= 4 is 40.9 Å². The third kappa shape index (κ3) is 4.29. The topological polar surface area (TPSA) is 60.4 Å². The van der Waals surface area contributed by atoms with E-state index in [1.54, 1.807) is 29.3 Å². The van der Waals surface area contributed by atoms with Gasteiger partial charge in [0.15, 0.2) is 6.61 Å². The van der Waals surface area contributed by atoms with Crippen LogP contribution in [0.4, 0.5) is 5.69 Å². The molecule has 0 N–H and O–H groups in total. The van der Waals surface area contributed by atoms with Gasteiger partial charge in [-0.15, -0.1) is 0 Å². The van der Waals surface area contributed by atoms with E-state index in [4.69, 9.17) is 32.7 Å². The molecule has 0 amide bonds. The van der Waals surface area contributed by atoms with Crippen LogP contribution in [0.25, 0.3) is 0 Å². The lowest BCUT2D eigenvalue weighted by atomic mass is 10.3. The average molecular weight is 345 g/mol. The number of benzene rings is 1. The molecule has 0 aromatic heterocycles. The number of carbonyl (C=O) groups is 1. The van der Waals surface area contributed by atoms with Crippen LogP contribution in [-0.4, -0.2) is 43.8 Å². The Balaban J connectivity index is 2.06. The van der Waals surface area contributed by atoms with Gasteiger partial charge in [-0.1, -0.05) is 29.3 Å². The van der Waals surface area contributed by atoms with Crippen molar-refractivity contribution in [2.75, 3.05) is 26.9 Å². The summed E-state index contributed by atoms with van der Waals surface area (Å²) in [6.45, 7) is 0.908. The summed E-state index contributed by atoms with van der Waals surface area (Å²) in [4.78, 5) is 17.0. The lowest BCUT2D eigenvalue weighted by Crippen LogP contribution is -2.19. The van der Waals surface area contributed by atoms with Crippen molar-refractivity contribution in [1.29, 1.82) is 0 Å². The van der Waals surface area contributed by atoms with E-state index in [-0.39, 0.29) is 6.61 Å². The molecule has 0 radical (unpaired) electrons. The Labute approximate surface area is 137 Å². The van der Waals surface area contributed by atoms with Crippen LogP contribution in [0.1, 0.15) is 0 Å². The summed E-state index contributed by atoms with van der Waals surface area (Å²) in [6.07, 6.45) is 2.98. The van der Waals surface area contributed by atoms with Crippen LogP contribution in [0, 0.1) is 0 Å². The average Bonchev–Trinajstić information content (AvgIpc) is 2.94. The number of nitrogens with zero attached hydrogens (tertiary/aromatic N) is 2. The molecular weight excluding hydrogens is 331 g/mol. The molecule has 1 saturated heterocycles. The van der Waals surface area contributed by atoms with Crippen molar-refractivity contribution in [1.82, 2.24) is 4.90 Å². The molecule has 0 unspecified atom stereocenters. The standard InChI is InChI=1S/C14H14Cl2N2O4/c1-20-12(19)9-21-7-5-18-6-8-22-14(18)17-13-10(15)3-2-4-11(13)16/h2-5,7H,6,8-9H2,1H3. The van der Waals surface area contributed by atoms with Gasteiger partial charge in [-0.05, 0) is 12.1 Å². The highest BCUT2D eigenvalue weighted by Gasteiger charge is 2.19. The summed E-state index contributed by atoms with van der Waals surface area (Å²) >= 11 is 12.1. The Morgan fingerprint density at radius 1 is 1.45 bits per heavy atom. The fourth-order valence-electron chi connectivity index (χ4n) is 1.63. The number of amidine groups is 1. The first-order chi connectivity index (χ1) is 10.6. The van der Waals surface area contributed by atoms with Gasteiger partial charge in [-0.3, -0.25) is 4.90 Å². The predicted octanol–water partition coefficient (Wildman–Crippen LogP) is 2.97. The lowest BCUT2D eigenvalue weighted by molar-refractivity contribution is -0.144. The van der Waals surface area contributed by atoms with Crippen LogP contribution in [0.15, 0.2) is 35.7 Å². The van der Waals surface area contributed by atoms with E-state index in [0.29, 0.717) is 34.9 Å². The number of rotatable bonds is 5. The molecule has 6 nitrogen and oxygen atoms in total. The third-order valence-corrected chi connectivity index (χ3v) is 3.33. The van der Waals surface area contributed by atoms with Crippen molar-refractivity contribution < 1.29 is 19.0 Å². The number of hydrogen-bond acceptors (Lipinski definition) is 5. The maximum Gasteiger partial charge on any atom is 0.343 e. The van der Waals surface area contributed by atoms with Crippen LogP contribution in [0.2, 0.25) is 10.0 Å². The van der Waals surface area contributed by atoms with E-state index in [2.05, 4.69) is 9.73 Å². The highest BCUT2D eigenvalue weighted by molar-refractivity contribution is 6.38. The normalized spacial score (nSPS) is 16.1. The van der Waals surface area contributed by atoms with Gasteiger partial charge in [0.05, 0.1) is 23.7 Å². The lowest BCUT2D eigenvalue weighted by Gasteiger charge is -2.11. The number of aliphatic imine (C=N–C) groups is 1. The zero-order chi connectivity index (χ0) is 15.9. The zero-order valence-electron chi connectivity index (χ0n) is 11.8. The van der Waals surface area contributed by atoms with Crippen LogP contribution >= 0.6 is 23.2 Å². The Morgan fingerprint density at radius 2 is 2.18 bits per heavy atom. The number of ether oxygens (including phenoxy) is 3. The van der Waals surface area contributed by atoms with Gasteiger partial charge >= 0.3 is 5.97 Å². The molecule has 1 heterocycles. The van der Waals surface area contributed by atoms with Crippen LogP contribution in [0.5, 0.6) is 0 Å². The molecule has 1 aromatic rings. The van der Waals surface area contributed by atoms with Gasteiger partial charge < -0.3 is 14.2 Å². The second-order valence-corrected chi connectivity index (χ2v) is 4.99. The van der Waals surface area contributed by atoms with Crippen LogP contribution in [-0.2, 0) is 19.0 Å². The number of para-hydroxylation sites is 1. The summed E-state index contributed by atoms with van der Waals surface area (Å²) < 4.78 is 14.9. The smallest absolute Gasteiger partial charge is 0.343 e. The number of esters is 1. The summed E-state index contributed by atoms with van der Waals surface area (Å²) in [6, 6.07) is 5.48. The minimum atomic E-state index is -0.459. The molecule has 0 saturated carbocycles. The van der Waals surface area contributed by atoms with Gasteiger partial charge in [-0.25, -0.2) is 4.79 Å². The van der Waals surface area contributed by atoms with E-state index < -0.39 is 5.97 Å². The first-order valence-corrected chi connectivity index (χ1v) is 7.14. The minimum absolute atomic E-state index is 0.162. The molecule has 2 rings (SSSR count). The van der Waals surface area contributed by atoms with Gasteiger partial charge in [0.2, 0.25) is 0 Å². The summed E-state index contributed by atoms with van der Waals surface area (Å²) in [5.74, 6) is -0.459. The third-order valence-electron chi connectivity index (χ3n) is 2.72. The number of halogens is 2. The Kier molecular flexibility index (Phi) is 5.91. The molecule has 22 heavy (non-hydrogen) atoms. The van der Waals surface area contributed by atoms with E-state index in [1.807, 2.05) is 0 Å². The van der Waals surface area contributed by atoms with E-state index in [1.165, 1.54) is 13.4 Å². The van der Waals surface area contributed by atoms with Crippen molar-refractivity contribution in [2.45, 2.75) is 0 Å². The van der Waals surface area contributed by atoms with Gasteiger partial charge in [0.1, 0.15) is 18.6 Å².